The molecule has 4 nitrogen and oxygen atoms in total. The van der Waals surface area contributed by atoms with Crippen LogP contribution in [0.4, 0.5) is 0 Å². The van der Waals surface area contributed by atoms with Crippen molar-refractivity contribution in [3.63, 3.8) is 0 Å². The van der Waals surface area contributed by atoms with Crippen molar-refractivity contribution in [2.24, 2.45) is 0 Å². The Hall–Kier alpha value is -1.10. The van der Waals surface area contributed by atoms with Gasteiger partial charge >= 0.3 is 0 Å². The van der Waals surface area contributed by atoms with Crippen molar-refractivity contribution in [1.29, 1.82) is 0 Å². The zero-order valence-corrected chi connectivity index (χ0v) is 13.8. The van der Waals surface area contributed by atoms with Crippen LogP contribution in [0.3, 0.4) is 0 Å². The Morgan fingerprint density at radius 1 is 1.14 bits per heavy atom. The summed E-state index contributed by atoms with van der Waals surface area (Å²) in [7, 11) is 1.69. The van der Waals surface area contributed by atoms with Crippen LogP contribution in [0.1, 0.15) is 44.4 Å². The van der Waals surface area contributed by atoms with Crippen molar-refractivity contribution in [2.45, 2.75) is 39.8 Å². The molecule has 0 saturated carbocycles. The van der Waals surface area contributed by atoms with Crippen LogP contribution in [-0.4, -0.2) is 33.5 Å². The third kappa shape index (κ3) is 6.46. The summed E-state index contributed by atoms with van der Waals surface area (Å²) in [6, 6.07) is 6.61. The highest BCUT2D eigenvalue weighted by Crippen LogP contribution is 2.24. The van der Waals surface area contributed by atoms with E-state index >= 15 is 0 Å². The quantitative estimate of drug-likeness (QED) is 0.636. The molecule has 1 rings (SSSR count). The minimum absolute atomic E-state index is 0.332. The van der Waals surface area contributed by atoms with E-state index in [0.29, 0.717) is 25.9 Å². The van der Waals surface area contributed by atoms with Crippen LogP contribution in [0.25, 0.3) is 0 Å². The second-order valence-electron chi connectivity index (χ2n) is 5.00. The molecule has 0 bridgehead atoms. The molecule has 1 aromatic carbocycles. The lowest BCUT2D eigenvalue weighted by molar-refractivity contribution is 0.0446. The second-order valence-corrected chi connectivity index (χ2v) is 5.00. The molecule has 0 spiro atoms. The fraction of sp³-hybridized carbons (Fsp3) is 0.647. The van der Waals surface area contributed by atoms with Crippen molar-refractivity contribution in [3.8, 4) is 5.75 Å². The molecular weight excluding hydrogens is 266 g/mol. The van der Waals surface area contributed by atoms with E-state index in [1.165, 1.54) is 5.56 Å². The molecule has 1 unspecified atom stereocenters. The number of nitrogens with one attached hydrogen (secondary N) is 1. The molecule has 4 heteroatoms. The molecule has 120 valence electrons. The molecule has 0 radical (unpaired) electrons. The summed E-state index contributed by atoms with van der Waals surface area (Å²) in [5.41, 5.74) is 2.34. The first-order valence-corrected chi connectivity index (χ1v) is 7.78. The Kier molecular flexibility index (Phi) is 9.06. The van der Waals surface area contributed by atoms with E-state index in [1.807, 2.05) is 13.0 Å². The summed E-state index contributed by atoms with van der Waals surface area (Å²) >= 11 is 0. The standard InChI is InChI=1S/C17H29NO3/c1-5-9-18-14(3)15-7-8-17(19-4)16(12-15)13-21-11-10-20-6-2/h7-8,12,14,18H,5-6,9-11,13H2,1-4H3. The number of hydrogen-bond acceptors (Lipinski definition) is 4. The second kappa shape index (κ2) is 10.6. The average molecular weight is 295 g/mol. The van der Waals surface area contributed by atoms with Gasteiger partial charge in [0.1, 0.15) is 5.75 Å². The van der Waals surface area contributed by atoms with Crippen LogP contribution in [0.5, 0.6) is 5.75 Å². The van der Waals surface area contributed by atoms with Gasteiger partial charge in [-0.05, 0) is 44.5 Å². The first kappa shape index (κ1) is 18.0. The molecule has 0 heterocycles. The summed E-state index contributed by atoms with van der Waals surface area (Å²) in [6.07, 6.45) is 1.13. The fourth-order valence-electron chi connectivity index (χ4n) is 2.10. The molecule has 1 N–H and O–H groups in total. The number of methoxy groups -OCH3 is 1. The maximum atomic E-state index is 5.65. The number of ether oxygens (including phenoxy) is 3. The maximum absolute atomic E-state index is 5.65. The Balaban J connectivity index is 2.62. The SMILES string of the molecule is CCCNC(C)c1ccc(OC)c(COCCOCC)c1. The van der Waals surface area contributed by atoms with Gasteiger partial charge in [-0.1, -0.05) is 13.0 Å². The van der Waals surface area contributed by atoms with Crippen LogP contribution in [0.2, 0.25) is 0 Å². The van der Waals surface area contributed by atoms with Crippen LogP contribution in [0, 0.1) is 0 Å². The predicted molar refractivity (Wildman–Crippen MR) is 85.9 cm³/mol. The van der Waals surface area contributed by atoms with E-state index in [9.17, 15) is 0 Å². The minimum atomic E-state index is 0.332. The van der Waals surface area contributed by atoms with E-state index in [1.54, 1.807) is 7.11 Å². The zero-order chi connectivity index (χ0) is 15.5. The third-order valence-corrected chi connectivity index (χ3v) is 3.34. The lowest BCUT2D eigenvalue weighted by atomic mass is 10.0. The minimum Gasteiger partial charge on any atom is -0.496 e. The zero-order valence-electron chi connectivity index (χ0n) is 13.8. The molecule has 21 heavy (non-hydrogen) atoms. The molecular formula is C17H29NO3. The molecule has 1 atom stereocenters. The predicted octanol–water partition coefficient (Wildman–Crippen LogP) is 3.31. The third-order valence-electron chi connectivity index (χ3n) is 3.34. The molecule has 1 aromatic rings. The van der Waals surface area contributed by atoms with Gasteiger partial charge in [0.05, 0.1) is 26.9 Å². The van der Waals surface area contributed by atoms with Gasteiger partial charge in [-0.15, -0.1) is 0 Å². The average Bonchev–Trinajstić information content (AvgIpc) is 2.52. The number of benzene rings is 1. The van der Waals surface area contributed by atoms with Crippen molar-refractivity contribution in [2.75, 3.05) is 33.5 Å². The monoisotopic (exact) mass is 295 g/mol. The van der Waals surface area contributed by atoms with Crippen molar-refractivity contribution >= 4 is 0 Å². The number of hydrogen-bond donors (Lipinski definition) is 1. The van der Waals surface area contributed by atoms with Gasteiger partial charge in [-0.25, -0.2) is 0 Å². The van der Waals surface area contributed by atoms with Gasteiger partial charge in [-0.3, -0.25) is 0 Å². The molecule has 0 aliphatic heterocycles. The van der Waals surface area contributed by atoms with Gasteiger partial charge in [0, 0.05) is 18.2 Å². The smallest absolute Gasteiger partial charge is 0.124 e. The molecule has 0 aliphatic carbocycles. The molecule has 0 aromatic heterocycles. The van der Waals surface area contributed by atoms with Gasteiger partial charge < -0.3 is 19.5 Å². The maximum Gasteiger partial charge on any atom is 0.124 e. The van der Waals surface area contributed by atoms with Crippen LogP contribution < -0.4 is 10.1 Å². The van der Waals surface area contributed by atoms with Crippen molar-refractivity contribution < 1.29 is 14.2 Å². The highest BCUT2D eigenvalue weighted by atomic mass is 16.5. The lowest BCUT2D eigenvalue weighted by Crippen LogP contribution is -2.19. The Morgan fingerprint density at radius 3 is 2.57 bits per heavy atom. The van der Waals surface area contributed by atoms with Crippen molar-refractivity contribution in [1.82, 2.24) is 5.32 Å². The van der Waals surface area contributed by atoms with E-state index < -0.39 is 0 Å². The Morgan fingerprint density at radius 2 is 1.90 bits per heavy atom. The van der Waals surface area contributed by atoms with Crippen molar-refractivity contribution in [3.05, 3.63) is 29.3 Å². The normalized spacial score (nSPS) is 12.4. The highest BCUT2D eigenvalue weighted by molar-refractivity contribution is 5.38. The van der Waals surface area contributed by atoms with Gasteiger partial charge in [-0.2, -0.15) is 0 Å². The summed E-state index contributed by atoms with van der Waals surface area (Å²) in [5, 5.41) is 3.50. The van der Waals surface area contributed by atoms with E-state index in [-0.39, 0.29) is 0 Å². The van der Waals surface area contributed by atoms with Gasteiger partial charge in [0.2, 0.25) is 0 Å². The summed E-state index contributed by atoms with van der Waals surface area (Å²) in [4.78, 5) is 0. The largest absolute Gasteiger partial charge is 0.496 e. The lowest BCUT2D eigenvalue weighted by Gasteiger charge is -2.17. The van der Waals surface area contributed by atoms with Crippen LogP contribution >= 0.6 is 0 Å². The first-order chi connectivity index (χ1) is 10.2. The van der Waals surface area contributed by atoms with Gasteiger partial charge in [0.25, 0.3) is 0 Å². The summed E-state index contributed by atoms with van der Waals surface area (Å²) in [6.45, 7) is 9.86. The number of rotatable bonds is 11. The highest BCUT2D eigenvalue weighted by Gasteiger charge is 2.09. The molecule has 0 amide bonds. The Labute approximate surface area is 128 Å². The van der Waals surface area contributed by atoms with Crippen LogP contribution in [0.15, 0.2) is 18.2 Å². The summed E-state index contributed by atoms with van der Waals surface area (Å²) < 4.78 is 16.3. The molecule has 0 aliphatic rings. The molecule has 0 saturated heterocycles. The first-order valence-electron chi connectivity index (χ1n) is 7.78. The van der Waals surface area contributed by atoms with Gasteiger partial charge in [0.15, 0.2) is 0 Å². The van der Waals surface area contributed by atoms with E-state index in [2.05, 4.69) is 31.3 Å². The fourth-order valence-corrected chi connectivity index (χ4v) is 2.10. The van der Waals surface area contributed by atoms with E-state index in [4.69, 9.17) is 14.2 Å². The summed E-state index contributed by atoms with van der Waals surface area (Å²) in [5.74, 6) is 0.873. The molecule has 0 fully saturated rings. The van der Waals surface area contributed by atoms with Crippen LogP contribution in [-0.2, 0) is 16.1 Å². The Bertz CT molecular complexity index is 396. The topological polar surface area (TPSA) is 39.7 Å². The van der Waals surface area contributed by atoms with E-state index in [0.717, 1.165) is 30.9 Å².